The van der Waals surface area contributed by atoms with Gasteiger partial charge in [0.05, 0.1) is 18.5 Å². The normalized spacial score (nSPS) is 20.6. The highest BCUT2D eigenvalue weighted by atomic mass is 19.1. The molecule has 6 heteroatoms. The van der Waals surface area contributed by atoms with Gasteiger partial charge in [-0.2, -0.15) is 5.10 Å². The van der Waals surface area contributed by atoms with Crippen LogP contribution in [-0.2, 0) is 0 Å². The van der Waals surface area contributed by atoms with Gasteiger partial charge in [-0.25, -0.2) is 9.07 Å². The molecule has 1 aliphatic heterocycles. The van der Waals surface area contributed by atoms with Gasteiger partial charge in [0.1, 0.15) is 5.82 Å². The minimum atomic E-state index is -0.312. The van der Waals surface area contributed by atoms with Gasteiger partial charge in [-0.1, -0.05) is 13.8 Å². The van der Waals surface area contributed by atoms with E-state index in [1.807, 2.05) is 11.8 Å². The lowest BCUT2D eigenvalue weighted by Crippen LogP contribution is -2.42. The monoisotopic (exact) mass is 345 g/mol. The van der Waals surface area contributed by atoms with Crippen LogP contribution in [0.1, 0.15) is 37.7 Å². The summed E-state index contributed by atoms with van der Waals surface area (Å²) in [5.41, 5.74) is 0.995. The smallest absolute Gasteiger partial charge is 0.278 e. The molecule has 0 spiro atoms. The lowest BCUT2D eigenvalue weighted by molar-refractivity contribution is 0.0612. The zero-order valence-electron chi connectivity index (χ0n) is 14.9. The molecule has 1 saturated heterocycles. The van der Waals surface area contributed by atoms with Gasteiger partial charge in [-0.15, -0.1) is 0 Å². The van der Waals surface area contributed by atoms with Crippen LogP contribution in [0.15, 0.2) is 30.5 Å². The zero-order chi connectivity index (χ0) is 18.0. The summed E-state index contributed by atoms with van der Waals surface area (Å²) < 4.78 is 20.3. The fraction of sp³-hybridized carbons (Fsp3) is 0.474. The SMILES string of the molecule is CCOc1cn(-c2ccc(F)cc2)nc1C(=O)N1C[C@H](C)C[C@@H](C)C1. The van der Waals surface area contributed by atoms with E-state index in [0.717, 1.165) is 19.5 Å². The number of likely N-dealkylation sites (tertiary alicyclic amines) is 1. The number of rotatable bonds is 4. The number of ether oxygens (including phenoxy) is 1. The molecule has 134 valence electrons. The number of amides is 1. The Balaban J connectivity index is 1.91. The Labute approximate surface area is 147 Å². The molecular weight excluding hydrogens is 321 g/mol. The van der Waals surface area contributed by atoms with Crippen LogP contribution in [-0.4, -0.2) is 40.3 Å². The van der Waals surface area contributed by atoms with E-state index in [-0.39, 0.29) is 11.7 Å². The predicted octanol–water partition coefficient (Wildman–Crippen LogP) is 3.53. The highest BCUT2D eigenvalue weighted by molar-refractivity contribution is 5.95. The number of carbonyl (C=O) groups is 1. The first-order valence-corrected chi connectivity index (χ1v) is 8.75. The number of benzene rings is 1. The molecule has 0 bridgehead atoms. The molecule has 0 unspecified atom stereocenters. The van der Waals surface area contributed by atoms with Crippen molar-refractivity contribution in [2.75, 3.05) is 19.7 Å². The maximum absolute atomic E-state index is 13.1. The molecule has 0 saturated carbocycles. The van der Waals surface area contributed by atoms with E-state index in [1.54, 1.807) is 23.0 Å². The number of nitrogens with zero attached hydrogens (tertiary/aromatic N) is 3. The van der Waals surface area contributed by atoms with Crippen LogP contribution < -0.4 is 4.74 Å². The number of piperidine rings is 1. The summed E-state index contributed by atoms with van der Waals surface area (Å²) in [4.78, 5) is 14.9. The molecule has 1 fully saturated rings. The molecule has 2 aromatic rings. The third kappa shape index (κ3) is 3.83. The summed E-state index contributed by atoms with van der Waals surface area (Å²) in [7, 11) is 0. The van der Waals surface area contributed by atoms with Crippen molar-refractivity contribution in [2.24, 2.45) is 11.8 Å². The van der Waals surface area contributed by atoms with Crippen LogP contribution in [0.4, 0.5) is 4.39 Å². The lowest BCUT2D eigenvalue weighted by atomic mass is 9.92. The predicted molar refractivity (Wildman–Crippen MR) is 93.5 cm³/mol. The number of aromatic nitrogens is 2. The second kappa shape index (κ2) is 7.25. The van der Waals surface area contributed by atoms with Gasteiger partial charge >= 0.3 is 0 Å². The molecule has 5 nitrogen and oxygen atoms in total. The summed E-state index contributed by atoms with van der Waals surface area (Å²) in [5.74, 6) is 0.990. The third-order valence-corrected chi connectivity index (χ3v) is 4.43. The summed E-state index contributed by atoms with van der Waals surface area (Å²) in [6, 6.07) is 5.98. The quantitative estimate of drug-likeness (QED) is 0.852. The Morgan fingerprint density at radius 1 is 1.24 bits per heavy atom. The maximum Gasteiger partial charge on any atom is 0.278 e. The van der Waals surface area contributed by atoms with Gasteiger partial charge in [-0.05, 0) is 49.4 Å². The van der Waals surface area contributed by atoms with E-state index in [0.29, 0.717) is 35.6 Å². The van der Waals surface area contributed by atoms with Crippen molar-refractivity contribution in [3.8, 4) is 11.4 Å². The number of halogens is 1. The zero-order valence-corrected chi connectivity index (χ0v) is 14.9. The molecule has 0 aliphatic carbocycles. The number of hydrogen-bond donors (Lipinski definition) is 0. The molecule has 2 atom stereocenters. The van der Waals surface area contributed by atoms with E-state index < -0.39 is 0 Å². The van der Waals surface area contributed by atoms with Crippen LogP contribution in [0, 0.1) is 17.7 Å². The standard InChI is InChI=1S/C19H24FN3O2/c1-4-25-17-12-23(16-7-5-15(20)6-8-16)21-18(17)19(24)22-10-13(2)9-14(3)11-22/h5-8,12-14H,4,9-11H2,1-3H3/t13-,14-/m1/s1. The van der Waals surface area contributed by atoms with Crippen LogP contribution in [0.25, 0.3) is 5.69 Å². The molecule has 0 radical (unpaired) electrons. The maximum atomic E-state index is 13.1. The Hall–Kier alpha value is -2.37. The molecule has 2 heterocycles. The average Bonchev–Trinajstić information content (AvgIpc) is 2.98. The molecular formula is C19H24FN3O2. The van der Waals surface area contributed by atoms with Crippen LogP contribution in [0.3, 0.4) is 0 Å². The minimum Gasteiger partial charge on any atom is -0.490 e. The summed E-state index contributed by atoms with van der Waals surface area (Å²) >= 11 is 0. The molecule has 1 aliphatic rings. The van der Waals surface area contributed by atoms with Gasteiger partial charge in [0.25, 0.3) is 5.91 Å². The summed E-state index contributed by atoms with van der Waals surface area (Å²) in [6.45, 7) is 8.11. The largest absolute Gasteiger partial charge is 0.490 e. The van der Waals surface area contributed by atoms with Crippen molar-refractivity contribution in [2.45, 2.75) is 27.2 Å². The fourth-order valence-electron chi connectivity index (χ4n) is 3.47. The Kier molecular flexibility index (Phi) is 5.06. The van der Waals surface area contributed by atoms with Gasteiger partial charge in [0, 0.05) is 13.1 Å². The molecule has 0 N–H and O–H groups in total. The Morgan fingerprint density at radius 3 is 2.48 bits per heavy atom. The second-order valence-corrected chi connectivity index (χ2v) is 6.85. The third-order valence-electron chi connectivity index (χ3n) is 4.43. The van der Waals surface area contributed by atoms with Crippen molar-refractivity contribution in [3.63, 3.8) is 0 Å². The number of carbonyl (C=O) groups excluding carboxylic acids is 1. The van der Waals surface area contributed by atoms with Gasteiger partial charge in [0.2, 0.25) is 0 Å². The molecule has 25 heavy (non-hydrogen) atoms. The van der Waals surface area contributed by atoms with Crippen molar-refractivity contribution in [3.05, 3.63) is 42.0 Å². The molecule has 1 amide bonds. The lowest BCUT2D eigenvalue weighted by Gasteiger charge is -2.34. The van der Waals surface area contributed by atoms with Gasteiger partial charge < -0.3 is 9.64 Å². The van der Waals surface area contributed by atoms with E-state index in [2.05, 4.69) is 18.9 Å². The van der Waals surface area contributed by atoms with E-state index in [4.69, 9.17) is 4.74 Å². The highest BCUT2D eigenvalue weighted by Crippen LogP contribution is 2.26. The fourth-order valence-corrected chi connectivity index (χ4v) is 3.47. The average molecular weight is 345 g/mol. The minimum absolute atomic E-state index is 0.109. The Morgan fingerprint density at radius 2 is 1.88 bits per heavy atom. The highest BCUT2D eigenvalue weighted by Gasteiger charge is 2.30. The number of hydrogen-bond acceptors (Lipinski definition) is 3. The molecule has 1 aromatic carbocycles. The first kappa shape index (κ1) is 17.5. The van der Waals surface area contributed by atoms with E-state index in [9.17, 15) is 9.18 Å². The van der Waals surface area contributed by atoms with Crippen LogP contribution in [0.2, 0.25) is 0 Å². The van der Waals surface area contributed by atoms with Gasteiger partial charge in [0.15, 0.2) is 11.4 Å². The van der Waals surface area contributed by atoms with Crippen molar-refractivity contribution in [1.29, 1.82) is 0 Å². The van der Waals surface area contributed by atoms with Crippen molar-refractivity contribution < 1.29 is 13.9 Å². The van der Waals surface area contributed by atoms with Crippen LogP contribution >= 0.6 is 0 Å². The second-order valence-electron chi connectivity index (χ2n) is 6.85. The Bertz CT molecular complexity index is 732. The van der Waals surface area contributed by atoms with Crippen molar-refractivity contribution >= 4 is 5.91 Å². The molecule has 3 rings (SSSR count). The van der Waals surface area contributed by atoms with Crippen molar-refractivity contribution in [1.82, 2.24) is 14.7 Å². The van der Waals surface area contributed by atoms with E-state index >= 15 is 0 Å². The van der Waals surface area contributed by atoms with Crippen LogP contribution in [0.5, 0.6) is 5.75 Å². The summed E-state index contributed by atoms with van der Waals surface area (Å²) in [5, 5.41) is 4.43. The molecule has 1 aromatic heterocycles. The summed E-state index contributed by atoms with van der Waals surface area (Å²) in [6.07, 6.45) is 2.81. The first-order chi connectivity index (χ1) is 12.0. The van der Waals surface area contributed by atoms with Gasteiger partial charge in [-0.3, -0.25) is 4.79 Å². The van der Waals surface area contributed by atoms with E-state index in [1.165, 1.54) is 12.1 Å². The first-order valence-electron chi connectivity index (χ1n) is 8.75. The topological polar surface area (TPSA) is 47.4 Å².